The number of thiazole rings is 1. The summed E-state index contributed by atoms with van der Waals surface area (Å²) in [5, 5.41) is 1.07. The van der Waals surface area contributed by atoms with E-state index in [0.717, 1.165) is 41.5 Å². The van der Waals surface area contributed by atoms with Crippen molar-refractivity contribution in [1.82, 2.24) is 9.88 Å². The van der Waals surface area contributed by atoms with Crippen molar-refractivity contribution in [3.63, 3.8) is 0 Å². The van der Waals surface area contributed by atoms with Gasteiger partial charge in [0, 0.05) is 24.5 Å². The molecule has 1 saturated heterocycles. The molecule has 0 bridgehead atoms. The topological polar surface area (TPSA) is 45.4 Å². The van der Waals surface area contributed by atoms with Gasteiger partial charge in [0.1, 0.15) is 0 Å². The van der Waals surface area contributed by atoms with Gasteiger partial charge in [-0.05, 0) is 74.3 Å². The first-order valence-corrected chi connectivity index (χ1v) is 10.8. The number of anilines is 3. The fourth-order valence-corrected chi connectivity index (χ4v) is 4.78. The summed E-state index contributed by atoms with van der Waals surface area (Å²) in [7, 11) is 0. The minimum Gasteiger partial charge on any atom is -0.399 e. The number of fused-ring (bicyclic) bond motifs is 1. The lowest BCUT2D eigenvalue weighted by Crippen LogP contribution is -2.36. The molecule has 142 valence electrons. The molecular formula is C22H28N4S. The average Bonchev–Trinajstić information content (AvgIpc) is 3.13. The van der Waals surface area contributed by atoms with Crippen LogP contribution in [0.15, 0.2) is 42.5 Å². The molecule has 1 aliphatic rings. The molecule has 2 aromatic carbocycles. The minimum absolute atomic E-state index is 0.798. The van der Waals surface area contributed by atoms with Crippen molar-refractivity contribution in [2.75, 3.05) is 36.8 Å². The van der Waals surface area contributed by atoms with Crippen LogP contribution in [0.25, 0.3) is 10.2 Å². The maximum Gasteiger partial charge on any atom is 0.191 e. The molecule has 1 aliphatic heterocycles. The summed E-state index contributed by atoms with van der Waals surface area (Å²) in [6, 6.07) is 14.8. The molecule has 0 saturated carbocycles. The number of likely N-dealkylation sites (tertiary alicyclic amines) is 1. The van der Waals surface area contributed by atoms with Crippen molar-refractivity contribution in [2.45, 2.75) is 32.6 Å². The third-order valence-corrected chi connectivity index (χ3v) is 6.42. The van der Waals surface area contributed by atoms with E-state index in [4.69, 9.17) is 10.7 Å². The summed E-state index contributed by atoms with van der Waals surface area (Å²) in [5.41, 5.74) is 10.3. The van der Waals surface area contributed by atoms with E-state index in [-0.39, 0.29) is 0 Å². The van der Waals surface area contributed by atoms with Crippen LogP contribution in [0.1, 0.15) is 31.7 Å². The maximum atomic E-state index is 5.91. The smallest absolute Gasteiger partial charge is 0.191 e. The van der Waals surface area contributed by atoms with Crippen molar-refractivity contribution in [1.29, 1.82) is 0 Å². The number of aromatic nitrogens is 1. The van der Waals surface area contributed by atoms with Crippen LogP contribution in [0.5, 0.6) is 0 Å². The molecule has 1 fully saturated rings. The molecule has 4 nitrogen and oxygen atoms in total. The van der Waals surface area contributed by atoms with Crippen LogP contribution in [0.2, 0.25) is 0 Å². The molecule has 27 heavy (non-hydrogen) atoms. The number of hydrogen-bond acceptors (Lipinski definition) is 5. The highest BCUT2D eigenvalue weighted by molar-refractivity contribution is 7.22. The fourth-order valence-electron chi connectivity index (χ4n) is 3.71. The molecule has 3 aromatic rings. The lowest BCUT2D eigenvalue weighted by Gasteiger charge is -2.30. The number of hydrogen-bond donors (Lipinski definition) is 1. The van der Waals surface area contributed by atoms with Crippen LogP contribution >= 0.6 is 11.3 Å². The normalized spacial score (nSPS) is 15.3. The van der Waals surface area contributed by atoms with Gasteiger partial charge in [0.05, 0.1) is 10.2 Å². The van der Waals surface area contributed by atoms with Crippen LogP contribution in [0.4, 0.5) is 16.5 Å². The number of rotatable bonds is 6. The zero-order valence-electron chi connectivity index (χ0n) is 16.0. The molecule has 2 heterocycles. The van der Waals surface area contributed by atoms with E-state index in [1.807, 2.05) is 12.1 Å². The minimum atomic E-state index is 0.798. The Kier molecular flexibility index (Phi) is 5.60. The van der Waals surface area contributed by atoms with E-state index in [1.165, 1.54) is 42.6 Å². The predicted octanol–water partition coefficient (Wildman–Crippen LogP) is 5.06. The standard InChI is InChI=1S/C22H28N4S/c1-2-17-6-11-20-21(16-17)27-22(24-20)26(19-9-7-18(23)8-10-19)15-14-25-12-4-3-5-13-25/h6-11,16H,2-5,12-15,23H2,1H3. The van der Waals surface area contributed by atoms with E-state index in [9.17, 15) is 0 Å². The molecular weight excluding hydrogens is 352 g/mol. The summed E-state index contributed by atoms with van der Waals surface area (Å²) < 4.78 is 1.27. The Morgan fingerprint density at radius 1 is 1.07 bits per heavy atom. The molecule has 0 atom stereocenters. The van der Waals surface area contributed by atoms with E-state index >= 15 is 0 Å². The van der Waals surface area contributed by atoms with Gasteiger partial charge in [-0.3, -0.25) is 0 Å². The first-order chi connectivity index (χ1) is 13.2. The van der Waals surface area contributed by atoms with Gasteiger partial charge in [-0.15, -0.1) is 0 Å². The highest BCUT2D eigenvalue weighted by Gasteiger charge is 2.17. The zero-order valence-corrected chi connectivity index (χ0v) is 16.8. The van der Waals surface area contributed by atoms with Crippen LogP contribution in [0.3, 0.4) is 0 Å². The SMILES string of the molecule is CCc1ccc2nc(N(CCN3CCCCC3)c3ccc(N)cc3)sc2c1. The Bertz CT molecular complexity index is 881. The second-order valence-corrected chi connectivity index (χ2v) is 8.31. The van der Waals surface area contributed by atoms with E-state index in [0.29, 0.717) is 0 Å². The van der Waals surface area contributed by atoms with E-state index in [1.54, 1.807) is 11.3 Å². The summed E-state index contributed by atoms with van der Waals surface area (Å²) in [6.45, 7) is 6.65. The summed E-state index contributed by atoms with van der Waals surface area (Å²) in [5.74, 6) is 0. The van der Waals surface area contributed by atoms with Gasteiger partial charge in [0.15, 0.2) is 5.13 Å². The first-order valence-electron chi connectivity index (χ1n) is 9.98. The predicted molar refractivity (Wildman–Crippen MR) is 117 cm³/mol. The fraction of sp³-hybridized carbons (Fsp3) is 0.409. The van der Waals surface area contributed by atoms with E-state index < -0.39 is 0 Å². The molecule has 0 radical (unpaired) electrons. The van der Waals surface area contributed by atoms with Crippen LogP contribution < -0.4 is 10.6 Å². The highest BCUT2D eigenvalue weighted by atomic mass is 32.1. The monoisotopic (exact) mass is 380 g/mol. The van der Waals surface area contributed by atoms with Gasteiger partial charge in [-0.1, -0.05) is 30.7 Å². The van der Waals surface area contributed by atoms with Gasteiger partial charge in [-0.2, -0.15) is 0 Å². The second-order valence-electron chi connectivity index (χ2n) is 7.30. The van der Waals surface area contributed by atoms with Crippen LogP contribution in [-0.4, -0.2) is 36.1 Å². The largest absolute Gasteiger partial charge is 0.399 e. The lowest BCUT2D eigenvalue weighted by atomic mass is 10.1. The van der Waals surface area contributed by atoms with Gasteiger partial charge in [0.2, 0.25) is 0 Å². The molecule has 2 N–H and O–H groups in total. The quantitative estimate of drug-likeness (QED) is 0.607. The number of aryl methyl sites for hydroxylation is 1. The Labute approximate surface area is 165 Å². The summed E-state index contributed by atoms with van der Waals surface area (Å²) in [4.78, 5) is 9.88. The van der Waals surface area contributed by atoms with E-state index in [2.05, 4.69) is 47.1 Å². The third-order valence-electron chi connectivity index (χ3n) is 5.37. The van der Waals surface area contributed by atoms with Crippen molar-refractivity contribution < 1.29 is 0 Å². The number of nitrogens with zero attached hydrogens (tertiary/aromatic N) is 3. The molecule has 0 aliphatic carbocycles. The highest BCUT2D eigenvalue weighted by Crippen LogP contribution is 2.34. The van der Waals surface area contributed by atoms with Gasteiger partial charge < -0.3 is 15.5 Å². The Balaban J connectivity index is 1.62. The average molecular weight is 381 g/mol. The van der Waals surface area contributed by atoms with Crippen LogP contribution in [0, 0.1) is 0 Å². The molecule has 0 spiro atoms. The second kappa shape index (κ2) is 8.28. The molecule has 1 aromatic heterocycles. The Morgan fingerprint density at radius 2 is 1.85 bits per heavy atom. The number of benzene rings is 2. The molecule has 0 amide bonds. The van der Waals surface area contributed by atoms with Crippen molar-refractivity contribution in [3.05, 3.63) is 48.0 Å². The zero-order chi connectivity index (χ0) is 18.6. The first kappa shape index (κ1) is 18.3. The van der Waals surface area contributed by atoms with Crippen molar-refractivity contribution in [2.24, 2.45) is 0 Å². The lowest BCUT2D eigenvalue weighted by molar-refractivity contribution is 0.234. The van der Waals surface area contributed by atoms with Crippen molar-refractivity contribution in [3.8, 4) is 0 Å². The van der Waals surface area contributed by atoms with Crippen LogP contribution in [-0.2, 0) is 6.42 Å². The van der Waals surface area contributed by atoms with Crippen molar-refractivity contribution >= 4 is 38.1 Å². The number of nitrogen functional groups attached to an aromatic ring is 1. The summed E-state index contributed by atoms with van der Waals surface area (Å²) in [6.07, 6.45) is 5.07. The summed E-state index contributed by atoms with van der Waals surface area (Å²) >= 11 is 1.79. The maximum absolute atomic E-state index is 5.91. The van der Waals surface area contributed by atoms with Gasteiger partial charge in [0.25, 0.3) is 0 Å². The number of piperidine rings is 1. The molecule has 5 heteroatoms. The Morgan fingerprint density at radius 3 is 2.59 bits per heavy atom. The number of nitrogens with two attached hydrogens (primary N) is 1. The van der Waals surface area contributed by atoms with Gasteiger partial charge >= 0.3 is 0 Å². The molecule has 4 rings (SSSR count). The molecule has 0 unspecified atom stereocenters. The third kappa shape index (κ3) is 4.25. The van der Waals surface area contributed by atoms with Gasteiger partial charge in [-0.25, -0.2) is 4.98 Å². The Hall–Kier alpha value is -2.11.